The van der Waals surface area contributed by atoms with E-state index in [1.165, 1.54) is 76.1 Å². The molecule has 344 valence electrons. The molecule has 65 heavy (non-hydrogen) atoms. The number of aliphatic carboxylic acids is 1. The summed E-state index contributed by atoms with van der Waals surface area (Å²) in [5, 5.41) is 12.4. The number of carbonyl (C=O) groups excluding carboxylic acids is 1. The Bertz CT molecular complexity index is 2490. The molecule has 1 unspecified atom stereocenters. The fraction of sp³-hybridized carbons (Fsp3) is 0.365. The first-order valence-corrected chi connectivity index (χ1v) is 22.9. The molecule has 11 nitrogen and oxygen atoms in total. The second kappa shape index (κ2) is 22.0. The molecule has 1 amide bonds. The van der Waals surface area contributed by atoms with Crippen LogP contribution in [0.15, 0.2) is 112 Å². The Balaban J connectivity index is 0.000000172. The van der Waals surface area contributed by atoms with Gasteiger partial charge in [0.05, 0.1) is 34.5 Å². The van der Waals surface area contributed by atoms with Gasteiger partial charge in [-0.1, -0.05) is 65.8 Å². The lowest BCUT2D eigenvalue weighted by atomic mass is 9.80. The smallest absolute Gasteiger partial charge is 0.347 e. The Morgan fingerprint density at radius 3 is 2.02 bits per heavy atom. The molecule has 1 fully saturated rings. The lowest BCUT2D eigenvalue weighted by Gasteiger charge is -2.35. The number of benzene rings is 4. The summed E-state index contributed by atoms with van der Waals surface area (Å²) in [6.45, 7) is 6.97. The van der Waals surface area contributed by atoms with Gasteiger partial charge in [0.15, 0.2) is 22.8 Å². The molecule has 3 aliphatic rings. The van der Waals surface area contributed by atoms with E-state index in [1.54, 1.807) is 62.8 Å². The molecule has 0 bridgehead atoms. The van der Waals surface area contributed by atoms with Gasteiger partial charge in [-0.25, -0.2) is 4.79 Å². The summed E-state index contributed by atoms with van der Waals surface area (Å²) in [6, 6.07) is 31.1. The quantitative estimate of drug-likeness (QED) is 0.139. The summed E-state index contributed by atoms with van der Waals surface area (Å²) >= 11 is 7.61. The van der Waals surface area contributed by atoms with Crippen LogP contribution in [0.2, 0.25) is 5.02 Å². The van der Waals surface area contributed by atoms with E-state index < -0.39 is 11.6 Å². The second-order valence-electron chi connectivity index (χ2n) is 16.9. The summed E-state index contributed by atoms with van der Waals surface area (Å²) < 4.78 is 27.3. The van der Waals surface area contributed by atoms with Crippen molar-refractivity contribution in [2.45, 2.75) is 80.2 Å². The largest absolute Gasteiger partial charge is 0.493 e. The van der Waals surface area contributed by atoms with Crippen molar-refractivity contribution in [3.05, 3.63) is 135 Å². The number of carbonyl (C=O) groups is 2. The molecule has 2 atom stereocenters. The molecule has 1 aliphatic carbocycles. The molecule has 5 aromatic carbocycles. The van der Waals surface area contributed by atoms with Crippen LogP contribution in [0.4, 0.5) is 0 Å². The first kappa shape index (κ1) is 48.8. The first-order valence-electron chi connectivity index (χ1n) is 21.7. The molecule has 0 spiro atoms. The van der Waals surface area contributed by atoms with Crippen LogP contribution in [0.25, 0.3) is 11.1 Å². The van der Waals surface area contributed by atoms with Crippen LogP contribution in [-0.4, -0.2) is 76.1 Å². The van der Waals surface area contributed by atoms with Gasteiger partial charge in [0.25, 0.3) is 0 Å². The Hall–Kier alpha value is -5.69. The number of carboxylic acid groups (broad SMARTS) is 1. The van der Waals surface area contributed by atoms with Crippen LogP contribution >= 0.6 is 23.4 Å². The monoisotopic (exact) mass is 922 g/mol. The van der Waals surface area contributed by atoms with E-state index >= 15 is 0 Å². The van der Waals surface area contributed by atoms with Crippen molar-refractivity contribution < 1.29 is 38.4 Å². The number of aryl methyl sites for hydroxylation is 1. The molecule has 1 saturated heterocycles. The van der Waals surface area contributed by atoms with E-state index in [0.717, 1.165) is 22.6 Å². The molecule has 2 heterocycles. The van der Waals surface area contributed by atoms with Gasteiger partial charge in [-0.3, -0.25) is 9.59 Å². The number of nitrogens with one attached hydrogen (secondary N) is 1. The van der Waals surface area contributed by atoms with Gasteiger partial charge in [-0.2, -0.15) is 0 Å². The zero-order valence-corrected chi connectivity index (χ0v) is 39.9. The number of fused-ring (bicyclic) bond motifs is 5. The van der Waals surface area contributed by atoms with E-state index in [2.05, 4.69) is 65.8 Å². The standard InChI is InChI=1S/C22H25NO6.C20H23NS.C10H11ClO3/c1-12(24)23-16-8-6-13-10-19(27-3)21(28-4)22(29-5)20(13)14-7-9-18(26-2)17(25)11-15(14)16;1-21-12-6-7-15(14-21)13-18-16-8-2-4-10-19(16)22-20-11-5-3-9-17(18)20;1-10(2,9(12)13)14-8-5-3-7(11)4-6-8/h7,9-11,16H,6,8H2,1-5H3,(H,23,24);2-5,8-11,15,18H,6-7,12-14H2,1H3;3-6H,1-2H3,(H,12,13)/t16-;;/m0../s1. The van der Waals surface area contributed by atoms with Crippen molar-refractivity contribution >= 4 is 35.2 Å². The molecule has 5 aromatic rings. The summed E-state index contributed by atoms with van der Waals surface area (Å²) in [7, 11) is 8.41. The lowest BCUT2D eigenvalue weighted by molar-refractivity contribution is -0.152. The Morgan fingerprint density at radius 1 is 0.815 bits per heavy atom. The highest BCUT2D eigenvalue weighted by Crippen LogP contribution is 2.51. The maximum absolute atomic E-state index is 12.6. The predicted octanol–water partition coefficient (Wildman–Crippen LogP) is 10.5. The number of likely N-dealkylation sites (tertiary alicyclic amines) is 1. The molecule has 2 N–H and O–H groups in total. The van der Waals surface area contributed by atoms with Crippen molar-refractivity contribution in [1.29, 1.82) is 0 Å². The maximum Gasteiger partial charge on any atom is 0.347 e. The van der Waals surface area contributed by atoms with Crippen LogP contribution in [0.1, 0.15) is 80.7 Å². The molecular weight excluding hydrogens is 864 g/mol. The van der Waals surface area contributed by atoms with E-state index in [-0.39, 0.29) is 23.1 Å². The van der Waals surface area contributed by atoms with Gasteiger partial charge in [0, 0.05) is 39.8 Å². The molecule has 13 heteroatoms. The summed E-state index contributed by atoms with van der Waals surface area (Å²) in [4.78, 5) is 40.6. The van der Waals surface area contributed by atoms with E-state index in [9.17, 15) is 14.4 Å². The first-order chi connectivity index (χ1) is 31.2. The number of nitrogens with zero attached hydrogens (tertiary/aromatic N) is 1. The number of rotatable bonds is 10. The highest BCUT2D eigenvalue weighted by atomic mass is 35.5. The molecular formula is C52H59ClN2O9S. The average molecular weight is 924 g/mol. The Labute approximate surface area is 391 Å². The van der Waals surface area contributed by atoms with Gasteiger partial charge in [-0.15, -0.1) is 0 Å². The van der Waals surface area contributed by atoms with Crippen LogP contribution in [0, 0.1) is 5.92 Å². The van der Waals surface area contributed by atoms with Crippen LogP contribution < -0.4 is 34.4 Å². The number of hydrogen-bond acceptors (Lipinski definition) is 10. The average Bonchev–Trinajstić information content (AvgIpc) is 3.54. The number of hydrogen-bond donors (Lipinski definition) is 2. The predicted molar refractivity (Wildman–Crippen MR) is 257 cm³/mol. The van der Waals surface area contributed by atoms with Crippen molar-refractivity contribution in [3.63, 3.8) is 0 Å². The minimum atomic E-state index is -1.23. The minimum absolute atomic E-state index is 0.167. The topological polar surface area (TPSA) is 133 Å². The van der Waals surface area contributed by atoms with Crippen molar-refractivity contribution in [3.8, 4) is 39.9 Å². The van der Waals surface area contributed by atoms with Crippen molar-refractivity contribution in [2.24, 2.45) is 5.92 Å². The summed E-state index contributed by atoms with van der Waals surface area (Å²) in [5.74, 6) is 2.49. The van der Waals surface area contributed by atoms with Crippen LogP contribution in [0.5, 0.6) is 28.7 Å². The van der Waals surface area contributed by atoms with Gasteiger partial charge >= 0.3 is 5.97 Å². The third-order valence-corrected chi connectivity index (χ3v) is 13.3. The van der Waals surface area contributed by atoms with Crippen LogP contribution in [-0.2, 0) is 16.0 Å². The zero-order valence-electron chi connectivity index (χ0n) is 38.4. The lowest BCUT2D eigenvalue weighted by Crippen LogP contribution is -2.37. The SMILES string of the molecule is CC(C)(Oc1ccc(Cl)cc1)C(=O)O.CN1CCCC(CC2c3ccccc3Sc3ccccc32)C1.COc1cc2c(c(OC)c1OC)-c1ccc(OC)c(=O)cc1[C@@H](NC(C)=O)CC2. The van der Waals surface area contributed by atoms with E-state index in [1.807, 2.05) is 23.9 Å². The number of carboxylic acids is 1. The summed E-state index contributed by atoms with van der Waals surface area (Å²) in [5.41, 5.74) is 4.86. The number of piperidine rings is 1. The van der Waals surface area contributed by atoms with Gasteiger partial charge in [0.2, 0.25) is 17.1 Å². The Morgan fingerprint density at radius 2 is 1.45 bits per heavy atom. The maximum atomic E-state index is 12.6. The second-order valence-corrected chi connectivity index (χ2v) is 18.4. The third kappa shape index (κ3) is 11.8. The fourth-order valence-corrected chi connectivity index (χ4v) is 10.1. The highest BCUT2D eigenvalue weighted by molar-refractivity contribution is 7.99. The normalized spacial score (nSPS) is 16.4. The van der Waals surface area contributed by atoms with Gasteiger partial charge < -0.3 is 39.0 Å². The van der Waals surface area contributed by atoms with Crippen molar-refractivity contribution in [2.75, 3.05) is 48.6 Å². The van der Waals surface area contributed by atoms with Gasteiger partial charge in [-0.05, 0) is 148 Å². The molecule has 8 rings (SSSR count). The van der Waals surface area contributed by atoms with E-state index in [0.29, 0.717) is 52.3 Å². The number of ether oxygens (including phenoxy) is 5. The van der Waals surface area contributed by atoms with Crippen LogP contribution in [0.3, 0.4) is 0 Å². The molecule has 2 aliphatic heterocycles. The molecule has 0 aromatic heterocycles. The summed E-state index contributed by atoms with van der Waals surface area (Å²) in [6.07, 6.45) is 5.30. The molecule has 0 radical (unpaired) electrons. The van der Waals surface area contributed by atoms with E-state index in [4.69, 9.17) is 40.4 Å². The number of amides is 1. The highest BCUT2D eigenvalue weighted by Gasteiger charge is 2.32. The zero-order chi connectivity index (χ0) is 46.8. The van der Waals surface area contributed by atoms with Gasteiger partial charge in [0.1, 0.15) is 5.75 Å². The fourth-order valence-electron chi connectivity index (χ4n) is 8.76. The third-order valence-electron chi connectivity index (χ3n) is 11.9. The Kier molecular flexibility index (Phi) is 16.5. The number of halogens is 1. The minimum Gasteiger partial charge on any atom is -0.493 e. The number of methoxy groups -OCH3 is 4. The molecule has 0 saturated carbocycles. The van der Waals surface area contributed by atoms with Crippen molar-refractivity contribution in [1.82, 2.24) is 10.2 Å².